The van der Waals surface area contributed by atoms with E-state index >= 15 is 0 Å². The van der Waals surface area contributed by atoms with E-state index in [1.165, 1.54) is 50.1 Å². The number of rotatable bonds is 10. The predicted molar refractivity (Wildman–Crippen MR) is 342 cm³/mol. The van der Waals surface area contributed by atoms with Crippen LogP contribution in [-0.4, -0.2) is 9.55 Å². The Morgan fingerprint density at radius 2 is 0.988 bits per heavy atom. The molecule has 1 aliphatic rings. The molecule has 0 N–H and O–H groups in total. The first kappa shape index (κ1) is 58.0. The minimum atomic E-state index is -0.291. The molecule has 0 atom stereocenters. The topological polar surface area (TPSA) is 33.5 Å². The number of pyridine rings is 1. The maximum atomic E-state index is 7.13. The monoisotopic (exact) mass is 1260 g/mol. The largest absolute Gasteiger partial charge is 0.509 e. The number of ether oxygens (including phenoxy) is 1. The third-order valence-electron chi connectivity index (χ3n) is 16.9. The summed E-state index contributed by atoms with van der Waals surface area (Å²) in [5.74, 6) is 2.06. The summed E-state index contributed by atoms with van der Waals surface area (Å²) in [6, 6.07) is 72.1. The van der Waals surface area contributed by atoms with Crippen molar-refractivity contribution in [2.45, 2.75) is 143 Å². The van der Waals surface area contributed by atoms with Crippen LogP contribution in [0, 0.1) is 18.8 Å². The zero-order valence-corrected chi connectivity index (χ0v) is 53.2. The fourth-order valence-corrected chi connectivity index (χ4v) is 11.7. The van der Waals surface area contributed by atoms with Crippen LogP contribution < -0.4 is 14.5 Å². The van der Waals surface area contributed by atoms with E-state index in [4.69, 9.17) is 9.72 Å². The smallest absolute Gasteiger partial charge is 0.135 e. The molecule has 0 unspecified atom stereocenters. The molecule has 2 aromatic heterocycles. The van der Waals surface area contributed by atoms with Gasteiger partial charge in [-0.25, -0.2) is 4.98 Å². The molecule has 0 spiro atoms. The number of nitrogens with zero attached hydrogens (tertiary/aromatic N) is 4. The number of fused-ring (bicyclic) bond motifs is 4. The third kappa shape index (κ3) is 11.0. The van der Waals surface area contributed by atoms with Crippen molar-refractivity contribution in [2.24, 2.45) is 0 Å². The Morgan fingerprint density at radius 1 is 0.415 bits per heavy atom. The van der Waals surface area contributed by atoms with Crippen molar-refractivity contribution in [1.29, 1.82) is 0 Å². The first-order chi connectivity index (χ1) is 38.2. The van der Waals surface area contributed by atoms with Gasteiger partial charge in [0.2, 0.25) is 0 Å². The molecule has 1 aliphatic heterocycles. The summed E-state index contributed by atoms with van der Waals surface area (Å²) in [5.41, 5.74) is 17.4. The van der Waals surface area contributed by atoms with Gasteiger partial charge in [0.1, 0.15) is 5.82 Å². The molecule has 82 heavy (non-hydrogen) atoms. The first-order valence-corrected chi connectivity index (χ1v) is 28.8. The summed E-state index contributed by atoms with van der Waals surface area (Å²) >= 11 is 0. The van der Waals surface area contributed by atoms with Crippen LogP contribution in [0.3, 0.4) is 0 Å². The van der Waals surface area contributed by atoms with Gasteiger partial charge >= 0.3 is 0 Å². The van der Waals surface area contributed by atoms with Gasteiger partial charge in [0.05, 0.1) is 0 Å². The number of anilines is 4. The van der Waals surface area contributed by atoms with E-state index in [9.17, 15) is 0 Å². The van der Waals surface area contributed by atoms with Gasteiger partial charge in [0, 0.05) is 72.2 Å². The molecule has 0 bridgehead atoms. The van der Waals surface area contributed by atoms with Crippen molar-refractivity contribution >= 4 is 44.6 Å². The van der Waals surface area contributed by atoms with Gasteiger partial charge in [-0.1, -0.05) is 225 Å². The molecule has 0 amide bonds. The van der Waals surface area contributed by atoms with Gasteiger partial charge in [-0.05, 0) is 120 Å². The molecule has 0 fully saturated rings. The summed E-state index contributed by atoms with van der Waals surface area (Å²) in [6.07, 6.45) is 1.93. The van der Waals surface area contributed by atoms with Crippen molar-refractivity contribution in [2.75, 3.05) is 9.80 Å². The van der Waals surface area contributed by atoms with Crippen LogP contribution in [0.4, 0.5) is 22.7 Å². The molecule has 422 valence electrons. The Morgan fingerprint density at radius 3 is 1.57 bits per heavy atom. The minimum Gasteiger partial charge on any atom is -0.509 e. The SMILES string of the molecule is CC(C)(C)c1cc(Oc2[c-]c3c(cc2)c2cc(C(C)(C)c4ccccc4)ccc2n3-c2cc(C(C)(C)C)ccn2)[c-]c(N2[CH-]N(c3cc(-c4ccccc4)cc(C(C)(C)c4ccccc4)c3)c3cc(C(C)(C)C)c(C(C)(C)C)cc32)c1.[Pt]. The molecule has 10 aromatic rings. The van der Waals surface area contributed by atoms with E-state index in [0.29, 0.717) is 11.5 Å². The molecule has 3 heterocycles. The van der Waals surface area contributed by atoms with Crippen LogP contribution in [0.5, 0.6) is 11.5 Å². The fraction of sp³-hybridized carbons (Fsp3) is 0.289. The zero-order chi connectivity index (χ0) is 57.6. The van der Waals surface area contributed by atoms with Crippen molar-refractivity contribution in [3.05, 3.63) is 245 Å². The first-order valence-electron chi connectivity index (χ1n) is 28.8. The Balaban J connectivity index is 0.00000753. The van der Waals surface area contributed by atoms with Gasteiger partial charge in [-0.15, -0.1) is 53.6 Å². The molecule has 0 saturated carbocycles. The maximum absolute atomic E-state index is 7.13. The Kier molecular flexibility index (Phi) is 15.0. The van der Waals surface area contributed by atoms with E-state index in [1.54, 1.807) is 0 Å². The van der Waals surface area contributed by atoms with Crippen molar-refractivity contribution in [3.8, 4) is 28.4 Å². The summed E-state index contributed by atoms with van der Waals surface area (Å²) in [6.45, 7) is 39.1. The molecule has 11 rings (SSSR count). The van der Waals surface area contributed by atoms with Gasteiger partial charge in [-0.2, -0.15) is 6.07 Å². The van der Waals surface area contributed by atoms with Crippen molar-refractivity contribution in [3.63, 3.8) is 0 Å². The summed E-state index contributed by atoms with van der Waals surface area (Å²) in [5, 5.41) is 2.22. The van der Waals surface area contributed by atoms with Crippen molar-refractivity contribution in [1.82, 2.24) is 9.55 Å². The van der Waals surface area contributed by atoms with Crippen molar-refractivity contribution < 1.29 is 25.8 Å². The number of hydrogen-bond acceptors (Lipinski definition) is 4. The van der Waals surface area contributed by atoms with Crippen LogP contribution in [-0.2, 0) is 53.6 Å². The Labute approximate surface area is 503 Å². The Hall–Kier alpha value is -7.20. The molecule has 0 aliphatic carbocycles. The molecular formula is C76H79N4OPt-3. The van der Waals surface area contributed by atoms with E-state index < -0.39 is 0 Å². The van der Waals surface area contributed by atoms with E-state index in [1.807, 2.05) is 6.20 Å². The van der Waals surface area contributed by atoms with E-state index in [0.717, 1.165) is 55.9 Å². The van der Waals surface area contributed by atoms with Gasteiger partial charge in [0.25, 0.3) is 0 Å². The fourth-order valence-electron chi connectivity index (χ4n) is 11.7. The molecular weight excluding hydrogens is 1180 g/mol. The third-order valence-corrected chi connectivity index (χ3v) is 16.9. The van der Waals surface area contributed by atoms with Crippen LogP contribution in [0.25, 0.3) is 38.8 Å². The summed E-state index contributed by atoms with van der Waals surface area (Å²) in [4.78, 5) is 9.78. The summed E-state index contributed by atoms with van der Waals surface area (Å²) < 4.78 is 9.38. The molecule has 0 saturated heterocycles. The second-order valence-electron chi connectivity index (χ2n) is 27.6. The standard InChI is InChI=1S/C76H79N4O.Pt/c1-71(2,3)54-36-37-77-70(44-54)80-66-35-32-55(75(13,14)52-28-22-18-23-29-52)43-63(66)62-34-33-60(46-67(62)80)81-61-42-56(72(4,5)6)40-59(45-61)79-49-78(68-47-64(73(7,8)9)65(48-69(68)79)74(10,11)12)58-39-51(50-26-20-17-21-27-50)38-57(41-58)76(15,16)53-30-24-19-25-31-53;/h17-44,47-49H,1-16H3;/q-3;. The Bertz CT molecular complexity index is 3980. The minimum absolute atomic E-state index is 0. The normalized spacial score (nSPS) is 13.4. The van der Waals surface area contributed by atoms with Crippen LogP contribution in [0.15, 0.2) is 182 Å². The number of hydrogen-bond donors (Lipinski definition) is 0. The van der Waals surface area contributed by atoms with Crippen LogP contribution >= 0.6 is 0 Å². The molecule has 0 radical (unpaired) electrons. The van der Waals surface area contributed by atoms with E-state index in [-0.39, 0.29) is 53.6 Å². The zero-order valence-electron chi connectivity index (χ0n) is 50.9. The summed E-state index contributed by atoms with van der Waals surface area (Å²) in [7, 11) is 0. The van der Waals surface area contributed by atoms with E-state index in [2.05, 4.69) is 320 Å². The molecule has 5 nitrogen and oxygen atoms in total. The second kappa shape index (κ2) is 21.2. The van der Waals surface area contributed by atoms with Crippen LogP contribution in [0.2, 0.25) is 0 Å². The van der Waals surface area contributed by atoms with Gasteiger partial charge in [0.15, 0.2) is 0 Å². The quantitative estimate of drug-likeness (QED) is 0.128. The molecule has 8 aromatic carbocycles. The maximum Gasteiger partial charge on any atom is 0.135 e. The van der Waals surface area contributed by atoms with Gasteiger partial charge < -0.3 is 19.1 Å². The number of benzene rings is 8. The second-order valence-corrected chi connectivity index (χ2v) is 27.6. The van der Waals surface area contributed by atoms with Crippen LogP contribution in [0.1, 0.15) is 155 Å². The average Bonchev–Trinajstić information content (AvgIpc) is 2.21. The average molecular weight is 1260 g/mol. The number of aromatic nitrogens is 2. The van der Waals surface area contributed by atoms with Gasteiger partial charge in [-0.3, -0.25) is 0 Å². The molecule has 6 heteroatoms. The predicted octanol–water partition coefficient (Wildman–Crippen LogP) is 20.5.